The maximum Gasteiger partial charge on any atom is 0.264 e. The molecule has 116 valence electrons. The Balaban J connectivity index is 0. The molecule has 0 aliphatic carbocycles. The van der Waals surface area contributed by atoms with Gasteiger partial charge < -0.3 is 15.5 Å². The molecule has 0 bridgehead atoms. The van der Waals surface area contributed by atoms with Crippen LogP contribution in [-0.2, 0) is 9.59 Å². The SMILES string of the molecule is C=C(C)N(CCC)C/C(NC=O)=C(\Cl)C(=O)NC.CC. The van der Waals surface area contributed by atoms with Crippen LogP contribution in [0.1, 0.15) is 34.1 Å². The molecule has 5 nitrogen and oxygen atoms in total. The van der Waals surface area contributed by atoms with E-state index in [0.717, 1.165) is 18.7 Å². The van der Waals surface area contributed by atoms with E-state index < -0.39 is 5.91 Å². The predicted molar refractivity (Wildman–Crippen MR) is 84.2 cm³/mol. The third kappa shape index (κ3) is 7.84. The van der Waals surface area contributed by atoms with E-state index in [-0.39, 0.29) is 5.03 Å². The highest BCUT2D eigenvalue weighted by Crippen LogP contribution is 2.12. The topological polar surface area (TPSA) is 61.4 Å². The van der Waals surface area contributed by atoms with Gasteiger partial charge in [-0.15, -0.1) is 0 Å². The van der Waals surface area contributed by atoms with Gasteiger partial charge in [0.2, 0.25) is 6.41 Å². The Morgan fingerprint density at radius 3 is 2.30 bits per heavy atom. The van der Waals surface area contributed by atoms with Crippen molar-refractivity contribution in [3.05, 3.63) is 23.0 Å². The van der Waals surface area contributed by atoms with Gasteiger partial charge in [0.05, 0.1) is 12.2 Å². The molecular formula is C14H26ClN3O2. The number of rotatable bonds is 8. The minimum absolute atomic E-state index is 0.0213. The summed E-state index contributed by atoms with van der Waals surface area (Å²) in [6.45, 7) is 12.9. The molecule has 0 heterocycles. The van der Waals surface area contributed by atoms with Crippen LogP contribution in [0.2, 0.25) is 0 Å². The Morgan fingerprint density at radius 1 is 1.40 bits per heavy atom. The lowest BCUT2D eigenvalue weighted by atomic mass is 10.3. The third-order valence-electron chi connectivity index (χ3n) is 2.31. The summed E-state index contributed by atoms with van der Waals surface area (Å²) in [7, 11) is 1.48. The molecule has 0 saturated carbocycles. The fourth-order valence-electron chi connectivity index (χ4n) is 1.36. The molecule has 0 atom stereocenters. The smallest absolute Gasteiger partial charge is 0.264 e. The maximum absolute atomic E-state index is 11.4. The van der Waals surface area contributed by atoms with Crippen molar-refractivity contribution in [2.45, 2.75) is 34.1 Å². The average molecular weight is 304 g/mol. The second-order valence-corrected chi connectivity index (χ2v) is 4.17. The fourth-order valence-corrected chi connectivity index (χ4v) is 1.57. The first-order valence-electron chi connectivity index (χ1n) is 6.69. The summed E-state index contributed by atoms with van der Waals surface area (Å²) in [5, 5.41) is 4.86. The van der Waals surface area contributed by atoms with Crippen molar-refractivity contribution in [2.24, 2.45) is 0 Å². The highest BCUT2D eigenvalue weighted by atomic mass is 35.5. The number of carbonyl (C=O) groups is 2. The highest BCUT2D eigenvalue weighted by Gasteiger charge is 2.14. The van der Waals surface area contributed by atoms with Gasteiger partial charge in [0.25, 0.3) is 5.91 Å². The van der Waals surface area contributed by atoms with Gasteiger partial charge in [0.15, 0.2) is 0 Å². The summed E-state index contributed by atoms with van der Waals surface area (Å²) in [5.74, 6) is -0.431. The van der Waals surface area contributed by atoms with Crippen LogP contribution in [0.4, 0.5) is 0 Å². The van der Waals surface area contributed by atoms with Gasteiger partial charge in [-0.2, -0.15) is 0 Å². The Kier molecular flexibility index (Phi) is 13.1. The summed E-state index contributed by atoms with van der Waals surface area (Å²) in [4.78, 5) is 23.9. The minimum Gasteiger partial charge on any atom is -0.370 e. The summed E-state index contributed by atoms with van der Waals surface area (Å²) in [5.41, 5.74) is 1.21. The predicted octanol–water partition coefficient (Wildman–Crippen LogP) is 2.20. The van der Waals surface area contributed by atoms with Crippen LogP contribution in [0.25, 0.3) is 0 Å². The van der Waals surface area contributed by atoms with Gasteiger partial charge in [-0.25, -0.2) is 0 Å². The highest BCUT2D eigenvalue weighted by molar-refractivity contribution is 6.42. The maximum atomic E-state index is 11.4. The molecule has 0 aliphatic rings. The van der Waals surface area contributed by atoms with Crippen LogP contribution in [-0.4, -0.2) is 37.4 Å². The van der Waals surface area contributed by atoms with Crippen molar-refractivity contribution in [3.8, 4) is 0 Å². The van der Waals surface area contributed by atoms with Gasteiger partial charge in [-0.05, 0) is 13.3 Å². The first kappa shape index (κ1) is 20.8. The van der Waals surface area contributed by atoms with Gasteiger partial charge in [0, 0.05) is 19.3 Å². The number of halogens is 1. The Bertz CT molecular complexity index is 354. The van der Waals surface area contributed by atoms with Gasteiger partial charge in [-0.3, -0.25) is 9.59 Å². The van der Waals surface area contributed by atoms with Crippen LogP contribution < -0.4 is 10.6 Å². The molecule has 0 unspecified atom stereocenters. The second kappa shape index (κ2) is 12.5. The van der Waals surface area contributed by atoms with Crippen LogP contribution in [0.5, 0.6) is 0 Å². The molecule has 0 spiro atoms. The molecule has 0 aromatic carbocycles. The summed E-state index contributed by atoms with van der Waals surface area (Å²) in [6, 6.07) is 0. The Morgan fingerprint density at radius 2 is 1.95 bits per heavy atom. The molecule has 2 amide bonds. The number of carbonyl (C=O) groups excluding carboxylic acids is 2. The summed E-state index contributed by atoms with van der Waals surface area (Å²) < 4.78 is 0. The summed E-state index contributed by atoms with van der Waals surface area (Å²) in [6.07, 6.45) is 1.43. The van der Waals surface area contributed by atoms with Crippen molar-refractivity contribution < 1.29 is 9.59 Å². The van der Waals surface area contributed by atoms with Gasteiger partial charge >= 0.3 is 0 Å². The van der Waals surface area contributed by atoms with Gasteiger partial charge in [-0.1, -0.05) is 39.0 Å². The quantitative estimate of drug-likeness (QED) is 0.534. The molecule has 0 aliphatic heterocycles. The number of hydrogen-bond acceptors (Lipinski definition) is 3. The molecule has 0 rings (SSSR count). The third-order valence-corrected chi connectivity index (χ3v) is 2.71. The number of nitrogens with zero attached hydrogens (tertiary/aromatic N) is 1. The number of hydrogen-bond donors (Lipinski definition) is 2. The van der Waals surface area contributed by atoms with Crippen LogP contribution in [0.15, 0.2) is 23.0 Å². The number of likely N-dealkylation sites (N-methyl/N-ethyl adjacent to an activating group) is 1. The van der Waals surface area contributed by atoms with Crippen molar-refractivity contribution in [1.29, 1.82) is 0 Å². The number of nitrogens with one attached hydrogen (secondary N) is 2. The van der Waals surface area contributed by atoms with Crippen LogP contribution in [0.3, 0.4) is 0 Å². The molecule has 0 radical (unpaired) electrons. The standard InChI is InChI=1S/C12H20ClN3O2.C2H6/c1-5-6-16(9(2)3)7-10(15-8-17)11(13)12(18)14-4;1-2/h8H,2,5-7H2,1,3-4H3,(H,14,18)(H,15,17);1-2H3/b11-10+;. The van der Waals surface area contributed by atoms with E-state index in [0.29, 0.717) is 18.7 Å². The number of allylic oxidation sites excluding steroid dienone is 1. The van der Waals surface area contributed by atoms with Gasteiger partial charge in [0.1, 0.15) is 5.03 Å². The second-order valence-electron chi connectivity index (χ2n) is 3.79. The molecule has 2 N–H and O–H groups in total. The average Bonchev–Trinajstić information content (AvgIpc) is 2.46. The van der Waals surface area contributed by atoms with E-state index in [4.69, 9.17) is 11.6 Å². The first-order chi connectivity index (χ1) is 9.47. The van der Waals surface area contributed by atoms with Crippen LogP contribution >= 0.6 is 11.6 Å². The normalized spacial score (nSPS) is 10.5. The zero-order valence-corrected chi connectivity index (χ0v) is 13.8. The monoisotopic (exact) mass is 303 g/mol. The van der Waals surface area contributed by atoms with E-state index in [1.165, 1.54) is 7.05 Å². The molecule has 20 heavy (non-hydrogen) atoms. The Hall–Kier alpha value is -1.49. The van der Waals surface area contributed by atoms with Crippen molar-refractivity contribution in [1.82, 2.24) is 15.5 Å². The lowest BCUT2D eigenvalue weighted by Gasteiger charge is -2.25. The van der Waals surface area contributed by atoms with E-state index in [1.54, 1.807) is 0 Å². The fraction of sp³-hybridized carbons (Fsp3) is 0.571. The molecule has 6 heteroatoms. The van der Waals surface area contributed by atoms with E-state index in [9.17, 15) is 9.59 Å². The summed E-state index contributed by atoms with van der Waals surface area (Å²) >= 11 is 5.92. The van der Waals surface area contributed by atoms with Crippen molar-refractivity contribution in [2.75, 3.05) is 20.1 Å². The number of amides is 2. The van der Waals surface area contributed by atoms with E-state index >= 15 is 0 Å². The van der Waals surface area contributed by atoms with E-state index in [1.807, 2.05) is 32.6 Å². The molecule has 0 fully saturated rings. The van der Waals surface area contributed by atoms with Crippen molar-refractivity contribution >= 4 is 23.9 Å². The largest absolute Gasteiger partial charge is 0.370 e. The van der Waals surface area contributed by atoms with Crippen LogP contribution in [0, 0.1) is 0 Å². The molecular weight excluding hydrogens is 278 g/mol. The zero-order chi connectivity index (χ0) is 16.1. The zero-order valence-electron chi connectivity index (χ0n) is 13.0. The van der Waals surface area contributed by atoms with E-state index in [2.05, 4.69) is 17.2 Å². The molecule has 0 aromatic rings. The minimum atomic E-state index is -0.431. The molecule has 0 aromatic heterocycles. The lowest BCUT2D eigenvalue weighted by molar-refractivity contribution is -0.116. The Labute approximate surface area is 127 Å². The molecule has 0 saturated heterocycles. The lowest BCUT2D eigenvalue weighted by Crippen LogP contribution is -2.32. The first-order valence-corrected chi connectivity index (χ1v) is 7.07. The van der Waals surface area contributed by atoms with Crippen molar-refractivity contribution in [3.63, 3.8) is 0 Å².